The summed E-state index contributed by atoms with van der Waals surface area (Å²) in [7, 11) is 0. The molecule has 0 unspecified atom stereocenters. The minimum Gasteiger partial charge on any atom is -0.312 e. The highest BCUT2D eigenvalue weighted by atomic mass is 35.5. The SMILES string of the molecule is Clc1nc2ccccc2cc1CNCCC1=CCCCC1. The van der Waals surface area contributed by atoms with E-state index in [2.05, 4.69) is 28.5 Å². The van der Waals surface area contributed by atoms with Crippen LogP contribution >= 0.6 is 11.6 Å². The Bertz CT molecular complexity index is 649. The minimum atomic E-state index is 0.609. The average Bonchev–Trinajstić information content (AvgIpc) is 2.53. The zero-order valence-corrected chi connectivity index (χ0v) is 13.0. The quantitative estimate of drug-likeness (QED) is 0.484. The first-order valence-electron chi connectivity index (χ1n) is 7.76. The van der Waals surface area contributed by atoms with Gasteiger partial charge in [0.25, 0.3) is 0 Å². The van der Waals surface area contributed by atoms with Gasteiger partial charge in [-0.15, -0.1) is 0 Å². The van der Waals surface area contributed by atoms with E-state index in [1.165, 1.54) is 25.7 Å². The molecule has 0 atom stereocenters. The summed E-state index contributed by atoms with van der Waals surface area (Å²) in [4.78, 5) is 4.46. The van der Waals surface area contributed by atoms with Crippen LogP contribution in [0.5, 0.6) is 0 Å². The predicted octanol–water partition coefficient (Wildman–Crippen LogP) is 4.87. The van der Waals surface area contributed by atoms with Crippen LogP contribution in [0.25, 0.3) is 10.9 Å². The molecule has 1 N–H and O–H groups in total. The maximum atomic E-state index is 6.27. The van der Waals surface area contributed by atoms with Crippen LogP contribution in [0.4, 0.5) is 0 Å². The van der Waals surface area contributed by atoms with Gasteiger partial charge < -0.3 is 5.32 Å². The molecule has 0 fully saturated rings. The Kier molecular flexibility index (Phi) is 4.89. The smallest absolute Gasteiger partial charge is 0.134 e. The number of halogens is 1. The molecule has 3 rings (SSSR count). The fourth-order valence-electron chi connectivity index (χ4n) is 2.86. The van der Waals surface area contributed by atoms with Crippen LogP contribution in [0.1, 0.15) is 37.7 Å². The Morgan fingerprint density at radius 2 is 2.10 bits per heavy atom. The van der Waals surface area contributed by atoms with Gasteiger partial charge in [0.05, 0.1) is 5.52 Å². The molecule has 21 heavy (non-hydrogen) atoms. The summed E-state index contributed by atoms with van der Waals surface area (Å²) < 4.78 is 0. The number of para-hydroxylation sites is 1. The van der Waals surface area contributed by atoms with Gasteiger partial charge in [-0.1, -0.05) is 41.4 Å². The second-order valence-electron chi connectivity index (χ2n) is 5.67. The molecule has 1 aromatic carbocycles. The third-order valence-corrected chi connectivity index (χ3v) is 4.40. The van der Waals surface area contributed by atoms with E-state index < -0.39 is 0 Å². The van der Waals surface area contributed by atoms with E-state index in [1.54, 1.807) is 5.57 Å². The van der Waals surface area contributed by atoms with E-state index in [0.717, 1.165) is 36.0 Å². The van der Waals surface area contributed by atoms with Crippen molar-refractivity contribution in [2.45, 2.75) is 38.6 Å². The maximum absolute atomic E-state index is 6.27. The Morgan fingerprint density at radius 3 is 2.95 bits per heavy atom. The molecule has 1 aliphatic carbocycles. The normalized spacial score (nSPS) is 15.2. The molecule has 3 heteroatoms. The zero-order chi connectivity index (χ0) is 14.5. The molecule has 0 bridgehead atoms. The summed E-state index contributed by atoms with van der Waals surface area (Å²) >= 11 is 6.27. The van der Waals surface area contributed by atoms with Crippen molar-refractivity contribution in [1.29, 1.82) is 0 Å². The first kappa shape index (κ1) is 14.6. The summed E-state index contributed by atoms with van der Waals surface area (Å²) in [6.45, 7) is 1.79. The van der Waals surface area contributed by atoms with E-state index in [-0.39, 0.29) is 0 Å². The van der Waals surface area contributed by atoms with Gasteiger partial charge in [0.15, 0.2) is 0 Å². The molecule has 110 valence electrons. The maximum Gasteiger partial charge on any atom is 0.134 e. The monoisotopic (exact) mass is 300 g/mol. The molecule has 1 aromatic heterocycles. The van der Waals surface area contributed by atoms with Crippen LogP contribution in [0, 0.1) is 0 Å². The van der Waals surface area contributed by atoms with E-state index in [1.807, 2.05) is 18.2 Å². The lowest BCUT2D eigenvalue weighted by Crippen LogP contribution is -2.16. The van der Waals surface area contributed by atoms with Crippen LogP contribution in [0.3, 0.4) is 0 Å². The average molecular weight is 301 g/mol. The van der Waals surface area contributed by atoms with Gasteiger partial charge in [0.2, 0.25) is 0 Å². The fourth-order valence-corrected chi connectivity index (χ4v) is 3.08. The van der Waals surface area contributed by atoms with Gasteiger partial charge in [-0.05, 0) is 50.8 Å². The molecule has 0 saturated carbocycles. The van der Waals surface area contributed by atoms with Gasteiger partial charge >= 0.3 is 0 Å². The molecule has 0 saturated heterocycles. The van der Waals surface area contributed by atoms with Crippen molar-refractivity contribution in [2.75, 3.05) is 6.54 Å². The molecule has 1 heterocycles. The van der Waals surface area contributed by atoms with Gasteiger partial charge in [0.1, 0.15) is 5.15 Å². The summed E-state index contributed by atoms with van der Waals surface area (Å²) in [6, 6.07) is 10.2. The number of nitrogens with one attached hydrogen (secondary N) is 1. The molecule has 0 aliphatic heterocycles. The Hall–Kier alpha value is -1.38. The van der Waals surface area contributed by atoms with Gasteiger partial charge in [0, 0.05) is 17.5 Å². The zero-order valence-electron chi connectivity index (χ0n) is 12.2. The molecule has 0 radical (unpaired) electrons. The fraction of sp³-hybridized carbons (Fsp3) is 0.389. The van der Waals surface area contributed by atoms with Crippen molar-refractivity contribution in [3.63, 3.8) is 0 Å². The summed E-state index contributed by atoms with van der Waals surface area (Å²) in [5, 5.41) is 5.25. The number of benzene rings is 1. The van der Waals surface area contributed by atoms with Crippen molar-refractivity contribution in [1.82, 2.24) is 10.3 Å². The third-order valence-electron chi connectivity index (χ3n) is 4.07. The van der Waals surface area contributed by atoms with Crippen LogP contribution in [-0.4, -0.2) is 11.5 Å². The molecule has 2 aromatic rings. The van der Waals surface area contributed by atoms with Gasteiger partial charge in [-0.2, -0.15) is 0 Å². The second kappa shape index (κ2) is 7.06. The standard InChI is InChI=1S/C18H21ClN2/c19-18-16(12-15-8-4-5-9-17(15)21-18)13-20-11-10-14-6-2-1-3-7-14/h4-6,8-9,12,20H,1-3,7,10-11,13H2. The lowest BCUT2D eigenvalue weighted by Gasteiger charge is -2.13. The molecule has 1 aliphatic rings. The van der Waals surface area contributed by atoms with Crippen LogP contribution in [-0.2, 0) is 6.54 Å². The van der Waals surface area contributed by atoms with E-state index in [9.17, 15) is 0 Å². The van der Waals surface area contributed by atoms with Gasteiger partial charge in [-0.3, -0.25) is 0 Å². The number of fused-ring (bicyclic) bond motifs is 1. The van der Waals surface area contributed by atoms with Crippen molar-refractivity contribution in [3.8, 4) is 0 Å². The molecular formula is C18H21ClN2. The molecule has 2 nitrogen and oxygen atoms in total. The van der Waals surface area contributed by atoms with E-state index >= 15 is 0 Å². The second-order valence-corrected chi connectivity index (χ2v) is 6.02. The molecular weight excluding hydrogens is 280 g/mol. The number of rotatable bonds is 5. The van der Waals surface area contributed by atoms with Crippen molar-refractivity contribution in [3.05, 3.63) is 52.7 Å². The number of aromatic nitrogens is 1. The number of hydrogen-bond acceptors (Lipinski definition) is 2. The van der Waals surface area contributed by atoms with Crippen LogP contribution in [0.15, 0.2) is 42.0 Å². The third kappa shape index (κ3) is 3.84. The highest BCUT2D eigenvalue weighted by Gasteiger charge is 2.06. The summed E-state index contributed by atoms with van der Waals surface area (Å²) in [5.41, 5.74) is 3.64. The largest absolute Gasteiger partial charge is 0.312 e. The van der Waals surface area contributed by atoms with Crippen molar-refractivity contribution < 1.29 is 0 Å². The van der Waals surface area contributed by atoms with Crippen LogP contribution < -0.4 is 5.32 Å². The summed E-state index contributed by atoms with van der Waals surface area (Å²) in [6.07, 6.45) is 8.81. The Balaban J connectivity index is 1.57. The number of allylic oxidation sites excluding steroid dienone is 1. The lowest BCUT2D eigenvalue weighted by molar-refractivity contribution is 0.632. The first-order chi connectivity index (χ1) is 10.3. The lowest BCUT2D eigenvalue weighted by atomic mass is 9.97. The summed E-state index contributed by atoms with van der Waals surface area (Å²) in [5.74, 6) is 0. The predicted molar refractivity (Wildman–Crippen MR) is 89.6 cm³/mol. The number of pyridine rings is 1. The van der Waals surface area contributed by atoms with Gasteiger partial charge in [-0.25, -0.2) is 4.98 Å². The first-order valence-corrected chi connectivity index (χ1v) is 8.13. The van der Waals surface area contributed by atoms with Crippen molar-refractivity contribution >= 4 is 22.5 Å². The molecule has 0 amide bonds. The minimum absolute atomic E-state index is 0.609. The highest BCUT2D eigenvalue weighted by molar-refractivity contribution is 6.30. The topological polar surface area (TPSA) is 24.9 Å². The molecule has 0 spiro atoms. The number of hydrogen-bond donors (Lipinski definition) is 1. The van der Waals surface area contributed by atoms with Crippen LogP contribution in [0.2, 0.25) is 5.15 Å². The Morgan fingerprint density at radius 1 is 1.19 bits per heavy atom. The highest BCUT2D eigenvalue weighted by Crippen LogP contribution is 2.21. The van der Waals surface area contributed by atoms with E-state index in [4.69, 9.17) is 11.6 Å². The Labute approximate surface area is 131 Å². The number of nitrogens with zero attached hydrogens (tertiary/aromatic N) is 1. The van der Waals surface area contributed by atoms with E-state index in [0.29, 0.717) is 5.15 Å². The van der Waals surface area contributed by atoms with Crippen molar-refractivity contribution in [2.24, 2.45) is 0 Å².